The molecule has 5 nitrogen and oxygen atoms in total. The quantitative estimate of drug-likeness (QED) is 0.326. The maximum atomic E-state index is 8.58. The van der Waals surface area contributed by atoms with E-state index in [-0.39, 0.29) is 0 Å². The van der Waals surface area contributed by atoms with Crippen molar-refractivity contribution < 1.29 is 10.0 Å². The van der Waals surface area contributed by atoms with Crippen LogP contribution in [-0.4, -0.2) is 40.2 Å². The summed E-state index contributed by atoms with van der Waals surface area (Å²) >= 11 is 6.00. The van der Waals surface area contributed by atoms with E-state index < -0.39 is 7.12 Å². The van der Waals surface area contributed by atoms with Crippen LogP contribution in [0.3, 0.4) is 0 Å². The molecule has 0 unspecified atom stereocenters. The molecule has 1 aliphatic heterocycles. The lowest BCUT2D eigenvalue weighted by atomic mass is 9.81. The topological polar surface area (TPSA) is 69.5 Å². The SMILES string of the molecule is C[C@@H](C[C@H]1CCN(c2cc(Cl)ncn2)C1)c1cccc2ccccc12.OB(O)c1ccccc1. The van der Waals surface area contributed by atoms with Crippen LogP contribution in [0.4, 0.5) is 5.82 Å². The molecule has 5 rings (SSSR count). The summed E-state index contributed by atoms with van der Waals surface area (Å²) in [6.45, 7) is 4.44. The predicted octanol–water partition coefficient (Wildman–Crippen LogP) is 4.67. The molecule has 2 atom stereocenters. The van der Waals surface area contributed by atoms with Crippen molar-refractivity contribution in [3.8, 4) is 0 Å². The second-order valence-corrected chi connectivity index (χ2v) is 9.18. The van der Waals surface area contributed by atoms with Crippen LogP contribution < -0.4 is 10.4 Å². The number of fused-ring (bicyclic) bond motifs is 1. The molecule has 0 radical (unpaired) electrons. The van der Waals surface area contributed by atoms with Gasteiger partial charge in [0.15, 0.2) is 0 Å². The Hall–Kier alpha value is -2.93. The molecule has 0 amide bonds. The van der Waals surface area contributed by atoms with Crippen molar-refractivity contribution in [2.75, 3.05) is 18.0 Å². The third-order valence-electron chi connectivity index (χ3n) is 6.37. The Balaban J connectivity index is 0.000000257. The molecule has 0 saturated carbocycles. The maximum absolute atomic E-state index is 8.58. The molecule has 1 aliphatic rings. The van der Waals surface area contributed by atoms with Crippen LogP contribution in [0.2, 0.25) is 5.15 Å². The van der Waals surface area contributed by atoms with E-state index in [0.717, 1.165) is 18.9 Å². The van der Waals surface area contributed by atoms with Gasteiger partial charge in [-0.2, -0.15) is 0 Å². The first-order valence-corrected chi connectivity index (χ1v) is 12.0. The third kappa shape index (κ3) is 6.14. The van der Waals surface area contributed by atoms with Gasteiger partial charge in [0.05, 0.1) is 0 Å². The van der Waals surface area contributed by atoms with E-state index in [9.17, 15) is 0 Å². The summed E-state index contributed by atoms with van der Waals surface area (Å²) in [6, 6.07) is 25.9. The highest BCUT2D eigenvalue weighted by Gasteiger charge is 2.26. The average Bonchev–Trinajstić information content (AvgIpc) is 3.33. The first kappa shape index (κ1) is 24.2. The molecular weight excluding hydrogens is 445 g/mol. The molecule has 2 N–H and O–H groups in total. The monoisotopic (exact) mass is 473 g/mol. The lowest BCUT2D eigenvalue weighted by Gasteiger charge is -2.20. The Morgan fingerprint density at radius 1 is 1.00 bits per heavy atom. The zero-order valence-electron chi connectivity index (χ0n) is 19.3. The number of benzene rings is 3. The van der Waals surface area contributed by atoms with Crippen molar-refractivity contribution in [1.82, 2.24) is 9.97 Å². The summed E-state index contributed by atoms with van der Waals surface area (Å²) in [5.74, 6) is 2.17. The van der Waals surface area contributed by atoms with E-state index in [1.54, 1.807) is 30.6 Å². The van der Waals surface area contributed by atoms with Gasteiger partial charge in [-0.15, -0.1) is 0 Å². The van der Waals surface area contributed by atoms with Gasteiger partial charge in [0.1, 0.15) is 17.3 Å². The molecule has 174 valence electrons. The number of hydrogen-bond donors (Lipinski definition) is 2. The molecule has 34 heavy (non-hydrogen) atoms. The Morgan fingerprint density at radius 3 is 2.47 bits per heavy atom. The van der Waals surface area contributed by atoms with Crippen molar-refractivity contribution in [1.29, 1.82) is 0 Å². The second kappa shape index (κ2) is 11.5. The minimum atomic E-state index is -1.34. The number of nitrogens with zero attached hydrogens (tertiary/aromatic N) is 3. The molecule has 3 aromatic carbocycles. The lowest BCUT2D eigenvalue weighted by Crippen LogP contribution is -2.29. The van der Waals surface area contributed by atoms with Gasteiger partial charge in [-0.05, 0) is 46.5 Å². The maximum Gasteiger partial charge on any atom is 0.488 e. The van der Waals surface area contributed by atoms with Gasteiger partial charge in [0.25, 0.3) is 0 Å². The van der Waals surface area contributed by atoms with E-state index >= 15 is 0 Å². The van der Waals surface area contributed by atoms with Gasteiger partial charge in [-0.3, -0.25) is 0 Å². The number of aromatic nitrogens is 2. The molecule has 2 heterocycles. The van der Waals surface area contributed by atoms with Gasteiger partial charge in [0, 0.05) is 19.2 Å². The Bertz CT molecular complexity index is 1200. The molecule has 4 aromatic rings. The van der Waals surface area contributed by atoms with Crippen LogP contribution in [0.15, 0.2) is 85.2 Å². The molecule has 1 fully saturated rings. The molecule has 0 spiro atoms. The molecule has 0 aliphatic carbocycles. The summed E-state index contributed by atoms with van der Waals surface area (Å²) < 4.78 is 0. The Kier molecular flexibility index (Phi) is 8.17. The molecule has 7 heteroatoms. The van der Waals surface area contributed by atoms with E-state index in [0.29, 0.717) is 22.5 Å². The zero-order chi connectivity index (χ0) is 23.9. The van der Waals surface area contributed by atoms with Gasteiger partial charge >= 0.3 is 7.12 Å². The van der Waals surface area contributed by atoms with Crippen LogP contribution in [0.1, 0.15) is 31.2 Å². The Morgan fingerprint density at radius 2 is 1.74 bits per heavy atom. The second-order valence-electron chi connectivity index (χ2n) is 8.79. The van der Waals surface area contributed by atoms with Crippen molar-refractivity contribution in [3.05, 3.63) is 95.9 Å². The van der Waals surface area contributed by atoms with Crippen molar-refractivity contribution in [3.63, 3.8) is 0 Å². The third-order valence-corrected chi connectivity index (χ3v) is 6.57. The summed E-state index contributed by atoms with van der Waals surface area (Å²) in [7, 11) is -1.34. The highest BCUT2D eigenvalue weighted by atomic mass is 35.5. The van der Waals surface area contributed by atoms with Crippen molar-refractivity contribution in [2.45, 2.75) is 25.7 Å². The largest absolute Gasteiger partial charge is 0.488 e. The van der Waals surface area contributed by atoms with Crippen LogP contribution in [0.5, 0.6) is 0 Å². The van der Waals surface area contributed by atoms with Crippen molar-refractivity contribution in [2.24, 2.45) is 5.92 Å². The predicted molar refractivity (Wildman–Crippen MR) is 141 cm³/mol. The highest BCUT2D eigenvalue weighted by Crippen LogP contribution is 2.34. The summed E-state index contributed by atoms with van der Waals surface area (Å²) in [5.41, 5.74) is 1.99. The fraction of sp³-hybridized carbons (Fsp3) is 0.259. The summed E-state index contributed by atoms with van der Waals surface area (Å²) in [6.07, 6.45) is 3.95. The van der Waals surface area contributed by atoms with Crippen LogP contribution in [-0.2, 0) is 0 Å². The number of hydrogen-bond acceptors (Lipinski definition) is 5. The van der Waals surface area contributed by atoms with E-state index in [1.165, 1.54) is 29.2 Å². The fourth-order valence-corrected chi connectivity index (χ4v) is 4.80. The minimum absolute atomic E-state index is 0.512. The molecule has 1 aromatic heterocycles. The lowest BCUT2D eigenvalue weighted by molar-refractivity contribution is 0.426. The van der Waals surface area contributed by atoms with E-state index in [4.69, 9.17) is 21.6 Å². The van der Waals surface area contributed by atoms with Crippen LogP contribution in [0, 0.1) is 5.92 Å². The number of rotatable bonds is 5. The summed E-state index contributed by atoms with van der Waals surface area (Å²) in [5, 5.41) is 20.4. The standard InChI is InChI=1S/C21H22ClN3.C6H7BO2/c1-15(18-8-4-6-17-5-2-3-7-19(17)18)11-16-9-10-25(13-16)21-12-20(22)23-14-24-21;8-7(9)6-4-2-1-3-5-6/h2-8,12,14-16H,9-11,13H2,1H3;1-5,8-9H/t15-,16+;/m0./s1. The van der Waals surface area contributed by atoms with Gasteiger partial charge < -0.3 is 14.9 Å². The van der Waals surface area contributed by atoms with Crippen LogP contribution in [0.25, 0.3) is 10.8 Å². The van der Waals surface area contributed by atoms with Gasteiger partial charge in [0.2, 0.25) is 0 Å². The average molecular weight is 474 g/mol. The van der Waals surface area contributed by atoms with Gasteiger partial charge in [-0.1, -0.05) is 91.3 Å². The number of halogens is 1. The molecule has 0 bridgehead atoms. The summed E-state index contributed by atoms with van der Waals surface area (Å²) in [4.78, 5) is 10.7. The van der Waals surface area contributed by atoms with Gasteiger partial charge in [-0.25, -0.2) is 9.97 Å². The smallest absolute Gasteiger partial charge is 0.423 e. The molecular formula is C27H29BClN3O2. The zero-order valence-corrected chi connectivity index (χ0v) is 20.0. The number of anilines is 1. The van der Waals surface area contributed by atoms with Crippen LogP contribution >= 0.6 is 11.6 Å². The Labute approximate surface area is 206 Å². The highest BCUT2D eigenvalue weighted by molar-refractivity contribution is 6.58. The first-order valence-electron chi connectivity index (χ1n) is 11.6. The normalized spacial score (nSPS) is 16.1. The molecule has 1 saturated heterocycles. The first-order chi connectivity index (χ1) is 16.5. The van der Waals surface area contributed by atoms with E-state index in [1.807, 2.05) is 12.1 Å². The van der Waals surface area contributed by atoms with Crippen molar-refractivity contribution >= 4 is 40.8 Å². The minimum Gasteiger partial charge on any atom is -0.423 e. The van der Waals surface area contributed by atoms with E-state index in [2.05, 4.69) is 64.3 Å². The fourth-order valence-electron chi connectivity index (χ4n) is 4.66.